The van der Waals surface area contributed by atoms with Crippen molar-refractivity contribution in [3.8, 4) is 0 Å². The monoisotopic (exact) mass is 368 g/mol. The maximum absolute atomic E-state index is 12.9. The van der Waals surface area contributed by atoms with Crippen LogP contribution in [0.2, 0.25) is 5.02 Å². The number of nitrogens with one attached hydrogen (secondary N) is 1. The molecule has 0 spiro atoms. The highest BCUT2D eigenvalue weighted by Crippen LogP contribution is 2.17. The van der Waals surface area contributed by atoms with E-state index in [1.54, 1.807) is 29.2 Å². The molecule has 3 rings (SSSR count). The third-order valence-corrected chi connectivity index (χ3v) is 4.65. The highest BCUT2D eigenvalue weighted by atomic mass is 35.5. The zero-order valence-electron chi connectivity index (χ0n) is 15.0. The van der Waals surface area contributed by atoms with Gasteiger partial charge in [-0.15, -0.1) is 0 Å². The van der Waals surface area contributed by atoms with Gasteiger partial charge in [0.05, 0.1) is 6.54 Å². The summed E-state index contributed by atoms with van der Waals surface area (Å²) in [7, 11) is 0. The fourth-order valence-corrected chi connectivity index (χ4v) is 3.03. The average Bonchev–Trinajstić information content (AvgIpc) is 2.59. The molecule has 2 aromatic carbocycles. The van der Waals surface area contributed by atoms with Gasteiger partial charge in [-0.1, -0.05) is 23.7 Å². The number of halogens is 1. The van der Waals surface area contributed by atoms with Gasteiger partial charge in [0, 0.05) is 27.7 Å². The van der Waals surface area contributed by atoms with Gasteiger partial charge in [0.2, 0.25) is 0 Å². The lowest BCUT2D eigenvalue weighted by Gasteiger charge is -2.27. The molecule has 134 valence electrons. The fraction of sp³-hybridized carbons (Fsp3) is 0.238. The van der Waals surface area contributed by atoms with E-state index in [-0.39, 0.29) is 24.1 Å². The van der Waals surface area contributed by atoms with Crippen LogP contribution < -0.4 is 5.56 Å². The van der Waals surface area contributed by atoms with Crippen LogP contribution in [0.15, 0.2) is 53.3 Å². The van der Waals surface area contributed by atoms with Gasteiger partial charge < -0.3 is 9.88 Å². The molecular weight excluding hydrogens is 348 g/mol. The Hall–Kier alpha value is -2.59. The quantitative estimate of drug-likeness (QED) is 0.735. The van der Waals surface area contributed by atoms with Crippen LogP contribution in [0.3, 0.4) is 0 Å². The van der Waals surface area contributed by atoms with Crippen molar-refractivity contribution in [2.75, 3.05) is 0 Å². The highest BCUT2D eigenvalue weighted by molar-refractivity contribution is 6.30. The number of rotatable bonds is 4. The van der Waals surface area contributed by atoms with Gasteiger partial charge in [-0.2, -0.15) is 0 Å². The molecule has 0 aliphatic rings. The van der Waals surface area contributed by atoms with E-state index in [4.69, 9.17) is 11.6 Å². The van der Waals surface area contributed by atoms with E-state index in [1.165, 1.54) is 0 Å². The second-order valence-corrected chi connectivity index (χ2v) is 7.18. The standard InChI is InChI=1S/C21H21ClN2O2/c1-13(2)24(21(26)15-6-8-18(22)9-7-15)12-17-11-16-5-4-14(3)10-19(16)23-20(17)25/h4-11,13H,12H2,1-3H3,(H,23,25). The van der Waals surface area contributed by atoms with Gasteiger partial charge in [0.1, 0.15) is 0 Å². The number of H-pyrrole nitrogens is 1. The van der Waals surface area contributed by atoms with Crippen molar-refractivity contribution in [2.45, 2.75) is 33.4 Å². The van der Waals surface area contributed by atoms with Crippen LogP contribution in [0.4, 0.5) is 0 Å². The molecule has 1 heterocycles. The van der Waals surface area contributed by atoms with E-state index >= 15 is 0 Å². The predicted octanol–water partition coefficient (Wildman–Crippen LogP) is 4.54. The van der Waals surface area contributed by atoms with Crippen LogP contribution in [0.1, 0.15) is 35.3 Å². The van der Waals surface area contributed by atoms with Crippen LogP contribution in [-0.2, 0) is 6.54 Å². The number of hydrogen-bond donors (Lipinski definition) is 1. The summed E-state index contributed by atoms with van der Waals surface area (Å²) in [4.78, 5) is 30.0. The predicted molar refractivity (Wildman–Crippen MR) is 106 cm³/mol. The minimum atomic E-state index is -0.169. The Morgan fingerprint density at radius 2 is 1.81 bits per heavy atom. The first kappa shape index (κ1) is 18.2. The number of aryl methyl sites for hydroxylation is 1. The molecule has 4 nitrogen and oxygen atoms in total. The van der Waals surface area contributed by atoms with Gasteiger partial charge in [0.25, 0.3) is 11.5 Å². The highest BCUT2D eigenvalue weighted by Gasteiger charge is 2.20. The molecule has 0 aliphatic heterocycles. The molecule has 26 heavy (non-hydrogen) atoms. The maximum atomic E-state index is 12.9. The smallest absolute Gasteiger partial charge is 0.254 e. The summed E-state index contributed by atoms with van der Waals surface area (Å²) in [6, 6.07) is 14.5. The van der Waals surface area contributed by atoms with E-state index in [0.29, 0.717) is 16.1 Å². The number of nitrogens with zero attached hydrogens (tertiary/aromatic N) is 1. The first-order valence-corrected chi connectivity index (χ1v) is 8.92. The Labute approximate surface area is 157 Å². The second kappa shape index (κ2) is 7.34. The number of carbonyl (C=O) groups excluding carboxylic acids is 1. The average molecular weight is 369 g/mol. The Bertz CT molecular complexity index is 1010. The van der Waals surface area contributed by atoms with Crippen molar-refractivity contribution < 1.29 is 4.79 Å². The summed E-state index contributed by atoms with van der Waals surface area (Å²) < 4.78 is 0. The summed E-state index contributed by atoms with van der Waals surface area (Å²) in [5.74, 6) is -0.125. The van der Waals surface area contributed by atoms with Gasteiger partial charge in [-0.25, -0.2) is 0 Å². The van der Waals surface area contributed by atoms with Gasteiger partial charge >= 0.3 is 0 Å². The van der Waals surface area contributed by atoms with Crippen molar-refractivity contribution in [3.05, 3.63) is 80.6 Å². The molecule has 0 radical (unpaired) electrons. The number of carbonyl (C=O) groups is 1. The lowest BCUT2D eigenvalue weighted by atomic mass is 10.1. The number of aromatic nitrogens is 1. The second-order valence-electron chi connectivity index (χ2n) is 6.75. The normalized spacial score (nSPS) is 11.1. The van der Waals surface area contributed by atoms with E-state index in [2.05, 4.69) is 4.98 Å². The zero-order chi connectivity index (χ0) is 18.8. The number of aromatic amines is 1. The van der Waals surface area contributed by atoms with Crippen molar-refractivity contribution in [2.24, 2.45) is 0 Å². The Kier molecular flexibility index (Phi) is 5.14. The summed E-state index contributed by atoms with van der Waals surface area (Å²) in [6.07, 6.45) is 0. The molecule has 3 aromatic rings. The molecule has 5 heteroatoms. The molecule has 0 unspecified atom stereocenters. The maximum Gasteiger partial charge on any atom is 0.254 e. The number of fused-ring (bicyclic) bond motifs is 1. The summed E-state index contributed by atoms with van der Waals surface area (Å²) in [5.41, 5.74) is 2.84. The van der Waals surface area contributed by atoms with E-state index in [9.17, 15) is 9.59 Å². The minimum absolute atomic E-state index is 0.0497. The molecule has 1 aromatic heterocycles. The molecule has 0 fully saturated rings. The Morgan fingerprint density at radius 1 is 1.12 bits per heavy atom. The summed E-state index contributed by atoms with van der Waals surface area (Å²) >= 11 is 5.91. The zero-order valence-corrected chi connectivity index (χ0v) is 15.8. The number of hydrogen-bond acceptors (Lipinski definition) is 2. The van der Waals surface area contributed by atoms with Crippen LogP contribution in [0.25, 0.3) is 10.9 Å². The van der Waals surface area contributed by atoms with Crippen LogP contribution in [0.5, 0.6) is 0 Å². The van der Waals surface area contributed by atoms with Gasteiger partial charge in [-0.05, 0) is 68.1 Å². The molecule has 0 atom stereocenters. The third kappa shape index (κ3) is 3.81. The molecule has 1 N–H and O–H groups in total. The molecular formula is C21H21ClN2O2. The molecule has 1 amide bonds. The Balaban J connectivity index is 1.95. The van der Waals surface area contributed by atoms with E-state index in [1.807, 2.05) is 45.0 Å². The van der Waals surface area contributed by atoms with Crippen molar-refractivity contribution in [3.63, 3.8) is 0 Å². The van der Waals surface area contributed by atoms with E-state index < -0.39 is 0 Å². The molecule has 0 aliphatic carbocycles. The van der Waals surface area contributed by atoms with Crippen LogP contribution in [-0.4, -0.2) is 21.8 Å². The Morgan fingerprint density at radius 3 is 2.46 bits per heavy atom. The fourth-order valence-electron chi connectivity index (χ4n) is 2.91. The lowest BCUT2D eigenvalue weighted by molar-refractivity contribution is 0.0689. The topological polar surface area (TPSA) is 53.2 Å². The number of amides is 1. The summed E-state index contributed by atoms with van der Waals surface area (Å²) in [6.45, 7) is 6.11. The molecule has 0 saturated heterocycles. The number of benzene rings is 2. The van der Waals surface area contributed by atoms with Crippen molar-refractivity contribution in [1.82, 2.24) is 9.88 Å². The third-order valence-electron chi connectivity index (χ3n) is 4.39. The lowest BCUT2D eigenvalue weighted by Crippen LogP contribution is -2.38. The summed E-state index contributed by atoms with van der Waals surface area (Å²) in [5, 5.41) is 1.53. The van der Waals surface area contributed by atoms with E-state index in [0.717, 1.165) is 16.5 Å². The first-order chi connectivity index (χ1) is 12.3. The number of pyridine rings is 1. The SMILES string of the molecule is Cc1ccc2cc(CN(C(=O)c3ccc(Cl)cc3)C(C)C)c(=O)[nH]c2c1. The molecule has 0 bridgehead atoms. The van der Waals surface area contributed by atoms with Crippen molar-refractivity contribution >= 4 is 28.4 Å². The van der Waals surface area contributed by atoms with Crippen molar-refractivity contribution in [1.29, 1.82) is 0 Å². The van der Waals surface area contributed by atoms with Gasteiger partial charge in [-0.3, -0.25) is 9.59 Å². The first-order valence-electron chi connectivity index (χ1n) is 8.54. The van der Waals surface area contributed by atoms with Crippen LogP contribution in [0, 0.1) is 6.92 Å². The van der Waals surface area contributed by atoms with Gasteiger partial charge in [0.15, 0.2) is 0 Å². The largest absolute Gasteiger partial charge is 0.332 e. The molecule has 0 saturated carbocycles. The minimum Gasteiger partial charge on any atom is -0.332 e. The van der Waals surface area contributed by atoms with Crippen LogP contribution >= 0.6 is 11.6 Å².